The molecule has 0 spiro atoms. The van der Waals surface area contributed by atoms with Crippen LogP contribution in [-0.2, 0) is 11.0 Å². The Labute approximate surface area is 214 Å². The molecule has 3 aromatic carbocycles. The first-order valence-corrected chi connectivity index (χ1v) is 11.9. The molecule has 3 aromatic rings. The lowest BCUT2D eigenvalue weighted by Gasteiger charge is -2.24. The summed E-state index contributed by atoms with van der Waals surface area (Å²) < 4.78 is 45.2. The van der Waals surface area contributed by atoms with E-state index >= 15 is 0 Å². The van der Waals surface area contributed by atoms with Gasteiger partial charge < -0.3 is 15.2 Å². The summed E-state index contributed by atoms with van der Waals surface area (Å²) in [6.07, 6.45) is -4.84. The number of carboxylic acid groups (broad SMARTS) is 1. The monoisotopic (exact) mass is 513 g/mol. The van der Waals surface area contributed by atoms with E-state index < -0.39 is 17.7 Å². The van der Waals surface area contributed by atoms with Gasteiger partial charge in [0.2, 0.25) is 0 Å². The van der Waals surface area contributed by atoms with Gasteiger partial charge in [0.1, 0.15) is 11.9 Å². The van der Waals surface area contributed by atoms with E-state index in [2.05, 4.69) is 5.32 Å². The molecule has 0 bridgehead atoms. The molecule has 0 fully saturated rings. The predicted octanol–water partition coefficient (Wildman–Crippen LogP) is 6.97. The van der Waals surface area contributed by atoms with Crippen LogP contribution in [0, 0.1) is 19.8 Å². The molecule has 0 aliphatic heterocycles. The van der Waals surface area contributed by atoms with E-state index in [-0.39, 0.29) is 30.9 Å². The minimum absolute atomic E-state index is 0.0504. The number of ether oxygens (including phenoxy) is 1. The van der Waals surface area contributed by atoms with Crippen molar-refractivity contribution in [1.82, 2.24) is 5.32 Å². The lowest BCUT2D eigenvalue weighted by atomic mass is 9.94. The summed E-state index contributed by atoms with van der Waals surface area (Å²) >= 11 is 0. The minimum Gasteiger partial charge on any atom is -0.485 e. The van der Waals surface area contributed by atoms with Gasteiger partial charge in [-0.3, -0.25) is 9.59 Å². The summed E-state index contributed by atoms with van der Waals surface area (Å²) in [6.45, 7) is 7.89. The van der Waals surface area contributed by atoms with Gasteiger partial charge in [-0.2, -0.15) is 13.2 Å². The number of carbonyl (C=O) groups excluding carboxylic acids is 1. The number of hydrogen-bond donors (Lipinski definition) is 2. The number of aryl methyl sites for hydroxylation is 2. The van der Waals surface area contributed by atoms with Crippen LogP contribution in [0.5, 0.6) is 5.75 Å². The van der Waals surface area contributed by atoms with E-state index in [4.69, 9.17) is 9.84 Å². The van der Waals surface area contributed by atoms with Crippen molar-refractivity contribution in [2.24, 2.45) is 5.92 Å². The topological polar surface area (TPSA) is 75.6 Å². The number of halogens is 3. The molecule has 1 unspecified atom stereocenters. The van der Waals surface area contributed by atoms with E-state index in [9.17, 15) is 22.8 Å². The maximum absolute atomic E-state index is 12.9. The van der Waals surface area contributed by atoms with Crippen LogP contribution in [0.15, 0.2) is 60.7 Å². The minimum atomic E-state index is -4.38. The molecule has 0 aliphatic carbocycles. The molecule has 0 saturated heterocycles. The second-order valence-corrected chi connectivity index (χ2v) is 9.31. The Morgan fingerprint density at radius 3 is 2.00 bits per heavy atom. The van der Waals surface area contributed by atoms with Gasteiger partial charge in [0.15, 0.2) is 0 Å². The van der Waals surface area contributed by atoms with Crippen LogP contribution in [0.25, 0.3) is 11.1 Å². The number of carboxylic acids is 1. The fourth-order valence-corrected chi connectivity index (χ4v) is 4.22. The largest absolute Gasteiger partial charge is 0.485 e. The fourth-order valence-electron chi connectivity index (χ4n) is 4.22. The summed E-state index contributed by atoms with van der Waals surface area (Å²) in [5.74, 6) is -0.587. The smallest absolute Gasteiger partial charge is 0.416 e. The highest BCUT2D eigenvalue weighted by atomic mass is 19.4. The first-order valence-electron chi connectivity index (χ1n) is 11.9. The van der Waals surface area contributed by atoms with Gasteiger partial charge in [-0.1, -0.05) is 38.1 Å². The van der Waals surface area contributed by atoms with Gasteiger partial charge in [0.25, 0.3) is 5.91 Å². The number of carbonyl (C=O) groups is 2. The lowest BCUT2D eigenvalue weighted by molar-refractivity contribution is -0.138. The molecule has 1 atom stereocenters. The number of alkyl halides is 3. The molecule has 3 rings (SSSR count). The van der Waals surface area contributed by atoms with Crippen molar-refractivity contribution >= 4 is 11.9 Å². The van der Waals surface area contributed by atoms with Gasteiger partial charge in [0.05, 0.1) is 12.0 Å². The maximum atomic E-state index is 12.9. The zero-order valence-corrected chi connectivity index (χ0v) is 21.1. The summed E-state index contributed by atoms with van der Waals surface area (Å²) in [5, 5.41) is 11.3. The van der Waals surface area contributed by atoms with E-state index in [1.165, 1.54) is 12.1 Å². The number of hydrogen-bond acceptors (Lipinski definition) is 3. The highest BCUT2D eigenvalue weighted by Gasteiger charge is 2.30. The van der Waals surface area contributed by atoms with Crippen LogP contribution in [-0.4, -0.2) is 23.5 Å². The molecule has 0 radical (unpaired) electrons. The Kier molecular flexibility index (Phi) is 8.63. The molecule has 37 heavy (non-hydrogen) atoms. The van der Waals surface area contributed by atoms with Crippen LogP contribution < -0.4 is 10.1 Å². The Hall–Kier alpha value is -3.81. The van der Waals surface area contributed by atoms with Crippen molar-refractivity contribution in [3.05, 3.63) is 88.5 Å². The van der Waals surface area contributed by atoms with Crippen LogP contribution >= 0.6 is 0 Å². The number of amides is 1. The van der Waals surface area contributed by atoms with Crippen LogP contribution in [0.3, 0.4) is 0 Å². The molecule has 0 aromatic heterocycles. The number of aliphatic carboxylic acids is 1. The van der Waals surface area contributed by atoms with Crippen molar-refractivity contribution in [3.8, 4) is 16.9 Å². The van der Waals surface area contributed by atoms with Crippen molar-refractivity contribution in [3.63, 3.8) is 0 Å². The quantitative estimate of drug-likeness (QED) is 0.324. The van der Waals surface area contributed by atoms with E-state index in [0.717, 1.165) is 34.4 Å². The van der Waals surface area contributed by atoms with Crippen molar-refractivity contribution in [2.75, 3.05) is 6.54 Å². The second-order valence-electron chi connectivity index (χ2n) is 9.31. The third kappa shape index (κ3) is 7.12. The van der Waals surface area contributed by atoms with Gasteiger partial charge in [-0.15, -0.1) is 0 Å². The first-order chi connectivity index (χ1) is 17.4. The van der Waals surface area contributed by atoms with E-state index in [0.29, 0.717) is 16.9 Å². The Morgan fingerprint density at radius 2 is 1.51 bits per heavy atom. The maximum Gasteiger partial charge on any atom is 0.416 e. The Morgan fingerprint density at radius 1 is 0.946 bits per heavy atom. The van der Waals surface area contributed by atoms with Gasteiger partial charge in [-0.05, 0) is 84.0 Å². The normalized spacial score (nSPS) is 12.3. The van der Waals surface area contributed by atoms with Gasteiger partial charge in [-0.25, -0.2) is 0 Å². The van der Waals surface area contributed by atoms with Crippen LogP contribution in [0.1, 0.15) is 59.0 Å². The van der Waals surface area contributed by atoms with Gasteiger partial charge in [0, 0.05) is 12.1 Å². The highest BCUT2D eigenvalue weighted by Crippen LogP contribution is 2.36. The second kappa shape index (κ2) is 11.5. The predicted molar refractivity (Wildman–Crippen MR) is 136 cm³/mol. The molecule has 0 aliphatic rings. The molecular formula is C29H30F3NO4. The molecule has 1 amide bonds. The van der Waals surface area contributed by atoms with Gasteiger partial charge >= 0.3 is 12.1 Å². The van der Waals surface area contributed by atoms with Crippen molar-refractivity contribution in [2.45, 2.75) is 46.4 Å². The highest BCUT2D eigenvalue weighted by molar-refractivity contribution is 5.94. The fraction of sp³-hybridized carbons (Fsp3) is 0.310. The zero-order chi connectivity index (χ0) is 27.3. The van der Waals surface area contributed by atoms with Crippen LogP contribution in [0.4, 0.5) is 13.2 Å². The summed E-state index contributed by atoms with van der Waals surface area (Å²) in [4.78, 5) is 22.9. The number of rotatable bonds is 9. The molecule has 5 nitrogen and oxygen atoms in total. The summed E-state index contributed by atoms with van der Waals surface area (Å²) in [7, 11) is 0. The SMILES string of the molecule is Cc1cc(OC(c2ccc(C(=O)NCCC(=O)O)cc2)C(C)C)cc(C)c1-c1ccc(C(F)(F)F)cc1. The lowest BCUT2D eigenvalue weighted by Crippen LogP contribution is -2.26. The third-order valence-electron chi connectivity index (χ3n) is 6.00. The first kappa shape index (κ1) is 27.8. The van der Waals surface area contributed by atoms with E-state index in [1.54, 1.807) is 12.1 Å². The molecular weight excluding hydrogens is 483 g/mol. The summed E-state index contributed by atoms with van der Waals surface area (Å²) in [6, 6.07) is 15.9. The number of benzene rings is 3. The third-order valence-corrected chi connectivity index (χ3v) is 6.00. The molecule has 196 valence electrons. The molecule has 0 heterocycles. The van der Waals surface area contributed by atoms with E-state index in [1.807, 2.05) is 52.0 Å². The average molecular weight is 514 g/mol. The Bertz CT molecular complexity index is 1230. The van der Waals surface area contributed by atoms with Crippen LogP contribution in [0.2, 0.25) is 0 Å². The Balaban J connectivity index is 1.79. The molecule has 8 heteroatoms. The molecule has 0 saturated carbocycles. The number of nitrogens with one attached hydrogen (secondary N) is 1. The van der Waals surface area contributed by atoms with Crippen molar-refractivity contribution in [1.29, 1.82) is 0 Å². The van der Waals surface area contributed by atoms with Crippen molar-refractivity contribution < 1.29 is 32.6 Å². The standard InChI is InChI=1S/C29H30F3NO4/c1-17(2)27(21-5-7-22(8-6-21)28(36)33-14-13-25(34)35)37-24-15-18(3)26(19(4)16-24)20-9-11-23(12-10-20)29(30,31)32/h5-12,15-17,27H,13-14H2,1-4H3,(H,33,36)(H,34,35). The molecule has 2 N–H and O–H groups in total. The summed E-state index contributed by atoms with van der Waals surface area (Å²) in [5.41, 5.74) is 3.93. The average Bonchev–Trinajstić information content (AvgIpc) is 2.81. The zero-order valence-electron chi connectivity index (χ0n) is 21.1.